The molecular weight excluding hydrogens is 334 g/mol. The molecule has 2 heterocycles. The third kappa shape index (κ3) is 2.99. The van der Waals surface area contributed by atoms with Gasteiger partial charge < -0.3 is 14.4 Å². The van der Waals surface area contributed by atoms with Crippen LogP contribution >= 0.6 is 0 Å². The number of hydrogen-bond acceptors (Lipinski definition) is 5. The van der Waals surface area contributed by atoms with Crippen LogP contribution in [-0.2, 0) is 17.9 Å². The molecule has 1 aliphatic heterocycles. The fraction of sp³-hybridized carbons (Fsp3) is 0.211. The van der Waals surface area contributed by atoms with Crippen LogP contribution in [-0.4, -0.2) is 34.4 Å². The summed E-state index contributed by atoms with van der Waals surface area (Å²) in [5.74, 6) is 1.18. The van der Waals surface area contributed by atoms with E-state index in [1.165, 1.54) is 4.68 Å². The van der Waals surface area contributed by atoms with Crippen molar-refractivity contribution < 1.29 is 14.3 Å². The molecule has 1 aromatic heterocycles. The first-order valence-corrected chi connectivity index (χ1v) is 8.19. The smallest absolute Gasteiger partial charge is 0.275 e. The normalized spacial score (nSPS) is 12.3. The van der Waals surface area contributed by atoms with Gasteiger partial charge in [-0.3, -0.25) is 9.59 Å². The molecule has 4 rings (SSSR count). The molecule has 7 heteroatoms. The van der Waals surface area contributed by atoms with E-state index in [1.54, 1.807) is 30.3 Å². The summed E-state index contributed by atoms with van der Waals surface area (Å²) in [5.41, 5.74) is 0.650. The average molecular weight is 351 g/mol. The zero-order chi connectivity index (χ0) is 18.1. The first kappa shape index (κ1) is 16.1. The zero-order valence-corrected chi connectivity index (χ0v) is 14.2. The maximum atomic E-state index is 12.5. The van der Waals surface area contributed by atoms with Gasteiger partial charge in [0.15, 0.2) is 11.5 Å². The zero-order valence-electron chi connectivity index (χ0n) is 14.2. The Hall–Kier alpha value is -3.35. The number of fused-ring (bicyclic) bond motifs is 2. The van der Waals surface area contributed by atoms with Crippen molar-refractivity contribution in [1.82, 2.24) is 14.7 Å². The number of nitrogens with zero attached hydrogens (tertiary/aromatic N) is 3. The van der Waals surface area contributed by atoms with Crippen LogP contribution in [0.5, 0.6) is 11.5 Å². The predicted octanol–water partition coefficient (Wildman–Crippen LogP) is 1.78. The van der Waals surface area contributed by atoms with Gasteiger partial charge in [0, 0.05) is 19.0 Å². The lowest BCUT2D eigenvalue weighted by atomic mass is 10.2. The quantitative estimate of drug-likeness (QED) is 0.716. The van der Waals surface area contributed by atoms with Gasteiger partial charge in [0.2, 0.25) is 12.7 Å². The lowest BCUT2D eigenvalue weighted by Crippen LogP contribution is -2.34. The van der Waals surface area contributed by atoms with Crippen LogP contribution in [0.3, 0.4) is 0 Å². The molecule has 0 bridgehead atoms. The molecule has 3 aromatic rings. The lowest BCUT2D eigenvalue weighted by molar-refractivity contribution is -0.131. The van der Waals surface area contributed by atoms with Crippen LogP contribution in [0.2, 0.25) is 0 Å². The van der Waals surface area contributed by atoms with Gasteiger partial charge >= 0.3 is 0 Å². The summed E-state index contributed by atoms with van der Waals surface area (Å²) in [6, 6.07) is 12.8. The number of aromatic nitrogens is 2. The molecule has 0 aliphatic carbocycles. The Morgan fingerprint density at radius 1 is 1.19 bits per heavy atom. The van der Waals surface area contributed by atoms with Crippen molar-refractivity contribution in [2.24, 2.45) is 0 Å². The molecule has 0 spiro atoms. The maximum absolute atomic E-state index is 12.5. The highest BCUT2D eigenvalue weighted by atomic mass is 16.7. The molecule has 0 N–H and O–H groups in total. The number of hydrogen-bond donors (Lipinski definition) is 0. The van der Waals surface area contributed by atoms with Gasteiger partial charge in [-0.15, -0.1) is 0 Å². The summed E-state index contributed by atoms with van der Waals surface area (Å²) in [7, 11) is 1.69. The minimum Gasteiger partial charge on any atom is -0.454 e. The van der Waals surface area contributed by atoms with E-state index >= 15 is 0 Å². The fourth-order valence-corrected chi connectivity index (χ4v) is 2.89. The topological polar surface area (TPSA) is 73.7 Å². The number of carbonyl (C=O) groups excluding carboxylic acids is 1. The molecule has 7 nitrogen and oxygen atoms in total. The minimum absolute atomic E-state index is 0.106. The molecule has 0 atom stereocenters. The molecule has 0 saturated carbocycles. The van der Waals surface area contributed by atoms with Gasteiger partial charge in [0.25, 0.3) is 5.56 Å². The second kappa shape index (κ2) is 6.51. The van der Waals surface area contributed by atoms with E-state index in [0.29, 0.717) is 23.4 Å². The third-order valence-corrected chi connectivity index (χ3v) is 4.33. The Balaban J connectivity index is 1.49. The van der Waals surface area contributed by atoms with Crippen molar-refractivity contribution in [1.29, 1.82) is 0 Å². The first-order chi connectivity index (χ1) is 12.6. The van der Waals surface area contributed by atoms with Crippen molar-refractivity contribution in [2.75, 3.05) is 13.8 Å². The number of carbonyl (C=O) groups is 1. The fourth-order valence-electron chi connectivity index (χ4n) is 2.89. The van der Waals surface area contributed by atoms with E-state index in [4.69, 9.17) is 9.47 Å². The van der Waals surface area contributed by atoms with Gasteiger partial charge in [-0.05, 0) is 23.8 Å². The minimum atomic E-state index is -0.270. The number of benzene rings is 2. The van der Waals surface area contributed by atoms with Crippen molar-refractivity contribution in [3.8, 4) is 11.5 Å². The van der Waals surface area contributed by atoms with Crippen LogP contribution in [0.25, 0.3) is 10.8 Å². The predicted molar refractivity (Wildman–Crippen MR) is 95.0 cm³/mol. The monoisotopic (exact) mass is 351 g/mol. The average Bonchev–Trinajstić information content (AvgIpc) is 3.12. The summed E-state index contributed by atoms with van der Waals surface area (Å²) in [6.07, 6.45) is 1.60. The summed E-state index contributed by atoms with van der Waals surface area (Å²) in [5, 5.41) is 5.41. The Morgan fingerprint density at radius 2 is 2.00 bits per heavy atom. The molecule has 0 radical (unpaired) electrons. The largest absolute Gasteiger partial charge is 0.454 e. The summed E-state index contributed by atoms with van der Waals surface area (Å²) < 4.78 is 11.8. The SMILES string of the molecule is CN(Cc1ccc2c(c1)OCO2)C(=O)Cn1ncc2ccccc2c1=O. The highest BCUT2D eigenvalue weighted by Gasteiger charge is 2.16. The van der Waals surface area contributed by atoms with Crippen molar-refractivity contribution in [3.63, 3.8) is 0 Å². The maximum Gasteiger partial charge on any atom is 0.275 e. The van der Waals surface area contributed by atoms with E-state index < -0.39 is 0 Å². The second-order valence-electron chi connectivity index (χ2n) is 6.13. The second-order valence-corrected chi connectivity index (χ2v) is 6.13. The van der Waals surface area contributed by atoms with Gasteiger partial charge in [-0.25, -0.2) is 4.68 Å². The molecule has 132 valence electrons. The van der Waals surface area contributed by atoms with Crippen molar-refractivity contribution >= 4 is 16.7 Å². The van der Waals surface area contributed by atoms with E-state index in [2.05, 4.69) is 5.10 Å². The van der Waals surface area contributed by atoms with Crippen LogP contribution in [0.4, 0.5) is 0 Å². The summed E-state index contributed by atoms with van der Waals surface area (Å²) >= 11 is 0. The lowest BCUT2D eigenvalue weighted by Gasteiger charge is -2.18. The number of rotatable bonds is 4. The van der Waals surface area contributed by atoms with Crippen LogP contribution < -0.4 is 15.0 Å². The molecule has 0 fully saturated rings. The first-order valence-electron chi connectivity index (χ1n) is 8.19. The molecule has 1 aliphatic rings. The molecule has 0 saturated heterocycles. The van der Waals surface area contributed by atoms with Crippen LogP contribution in [0.1, 0.15) is 5.56 Å². The van der Waals surface area contributed by atoms with Gasteiger partial charge in [-0.2, -0.15) is 5.10 Å². The number of amides is 1. The third-order valence-electron chi connectivity index (χ3n) is 4.33. The Kier molecular flexibility index (Phi) is 4.04. The van der Waals surface area contributed by atoms with Gasteiger partial charge in [-0.1, -0.05) is 24.3 Å². The Labute approximate surface area is 149 Å². The number of ether oxygens (including phenoxy) is 2. The summed E-state index contributed by atoms with van der Waals surface area (Å²) in [4.78, 5) is 26.5. The molecule has 1 amide bonds. The van der Waals surface area contributed by atoms with Crippen LogP contribution in [0, 0.1) is 0 Å². The van der Waals surface area contributed by atoms with Gasteiger partial charge in [0.05, 0.1) is 11.6 Å². The van der Waals surface area contributed by atoms with Crippen molar-refractivity contribution in [3.05, 3.63) is 64.6 Å². The van der Waals surface area contributed by atoms with E-state index in [-0.39, 0.29) is 24.8 Å². The summed E-state index contributed by atoms with van der Waals surface area (Å²) in [6.45, 7) is 0.507. The molecule has 26 heavy (non-hydrogen) atoms. The Morgan fingerprint density at radius 3 is 2.88 bits per heavy atom. The molecular formula is C19H17N3O4. The molecule has 0 unspecified atom stereocenters. The van der Waals surface area contributed by atoms with Crippen LogP contribution in [0.15, 0.2) is 53.5 Å². The van der Waals surface area contributed by atoms with E-state index in [0.717, 1.165) is 10.9 Å². The number of likely N-dealkylation sites (N-methyl/N-ethyl adjacent to an activating group) is 1. The molecule has 2 aromatic carbocycles. The highest BCUT2D eigenvalue weighted by Crippen LogP contribution is 2.32. The van der Waals surface area contributed by atoms with E-state index in [1.807, 2.05) is 30.3 Å². The van der Waals surface area contributed by atoms with Crippen molar-refractivity contribution in [2.45, 2.75) is 13.1 Å². The Bertz CT molecular complexity index is 1040. The standard InChI is InChI=1S/C19H17N3O4/c1-21(10-13-6-7-16-17(8-13)26-12-25-16)18(23)11-22-19(24)15-5-3-2-4-14(15)9-20-22/h2-9H,10-12H2,1H3. The van der Waals surface area contributed by atoms with E-state index in [9.17, 15) is 9.59 Å². The highest BCUT2D eigenvalue weighted by molar-refractivity contribution is 5.81. The van der Waals surface area contributed by atoms with Gasteiger partial charge in [0.1, 0.15) is 6.54 Å².